The Morgan fingerprint density at radius 2 is 2.09 bits per heavy atom. The second-order valence-corrected chi connectivity index (χ2v) is 5.69. The van der Waals surface area contributed by atoms with Crippen LogP contribution in [0.15, 0.2) is 36.8 Å². The highest BCUT2D eigenvalue weighted by Crippen LogP contribution is 2.21. The average Bonchev–Trinajstić information content (AvgIpc) is 2.91. The number of hydrogen-bond donors (Lipinski definition) is 1. The topological polar surface area (TPSA) is 58.4 Å². The number of amides is 1. The fraction of sp³-hybridized carbons (Fsp3) is 0.375. The van der Waals surface area contributed by atoms with Crippen LogP contribution in [-0.4, -0.2) is 38.6 Å². The van der Waals surface area contributed by atoms with Gasteiger partial charge in [0.25, 0.3) is 0 Å². The van der Waals surface area contributed by atoms with Gasteiger partial charge in [-0.25, -0.2) is 4.98 Å². The van der Waals surface area contributed by atoms with Crippen LogP contribution in [-0.2, 0) is 18.4 Å². The van der Waals surface area contributed by atoms with Gasteiger partial charge < -0.3 is 14.6 Å². The van der Waals surface area contributed by atoms with Gasteiger partial charge in [0.15, 0.2) is 0 Å². The zero-order valence-corrected chi connectivity index (χ0v) is 13.5. The van der Waals surface area contributed by atoms with Gasteiger partial charge in [0.1, 0.15) is 0 Å². The number of hydrogen-bond acceptors (Lipinski definition) is 3. The molecule has 6 heteroatoms. The number of benzene rings is 1. The molecule has 0 spiro atoms. The molecule has 0 fully saturated rings. The number of halogens is 1. The zero-order chi connectivity index (χ0) is 16.1. The molecule has 0 aliphatic carbocycles. The summed E-state index contributed by atoms with van der Waals surface area (Å²) in [5.74, 6) is -0.324. The van der Waals surface area contributed by atoms with Crippen molar-refractivity contribution in [3.05, 3.63) is 53.1 Å². The van der Waals surface area contributed by atoms with Crippen molar-refractivity contribution in [1.29, 1.82) is 0 Å². The minimum absolute atomic E-state index is 0.0300. The Labute approximate surface area is 135 Å². The molecule has 1 unspecified atom stereocenters. The SMILES string of the molecule is CC(C(=O)N(CCO)Cc1cncn1C)c1ccc(Cl)cc1. The van der Waals surface area contributed by atoms with Crippen LogP contribution in [0.25, 0.3) is 0 Å². The van der Waals surface area contributed by atoms with E-state index in [9.17, 15) is 9.90 Å². The van der Waals surface area contributed by atoms with Crippen LogP contribution in [0.2, 0.25) is 5.02 Å². The van der Waals surface area contributed by atoms with Gasteiger partial charge in [0, 0.05) is 24.8 Å². The van der Waals surface area contributed by atoms with Crippen LogP contribution in [0.1, 0.15) is 24.1 Å². The third kappa shape index (κ3) is 3.87. The summed E-state index contributed by atoms with van der Waals surface area (Å²) in [6, 6.07) is 7.26. The Balaban J connectivity index is 2.14. The van der Waals surface area contributed by atoms with Crippen LogP contribution < -0.4 is 0 Å². The normalized spacial score (nSPS) is 12.2. The summed E-state index contributed by atoms with van der Waals surface area (Å²) in [6.45, 7) is 2.51. The summed E-state index contributed by atoms with van der Waals surface area (Å²) in [4.78, 5) is 18.4. The van der Waals surface area contributed by atoms with Gasteiger partial charge in [0.2, 0.25) is 5.91 Å². The summed E-state index contributed by atoms with van der Waals surface area (Å²) in [5, 5.41) is 9.88. The number of aryl methyl sites for hydroxylation is 1. The monoisotopic (exact) mass is 321 g/mol. The molecule has 0 saturated carbocycles. The van der Waals surface area contributed by atoms with E-state index in [4.69, 9.17) is 11.6 Å². The minimum atomic E-state index is -0.294. The smallest absolute Gasteiger partial charge is 0.230 e. The maximum absolute atomic E-state index is 12.7. The number of aliphatic hydroxyl groups excluding tert-OH is 1. The zero-order valence-electron chi connectivity index (χ0n) is 12.7. The number of aromatic nitrogens is 2. The van der Waals surface area contributed by atoms with Gasteiger partial charge in [-0.1, -0.05) is 23.7 Å². The molecule has 1 heterocycles. The molecule has 22 heavy (non-hydrogen) atoms. The number of aliphatic hydroxyl groups is 1. The molecule has 2 aromatic rings. The Hall–Kier alpha value is -1.85. The molecule has 2 rings (SSSR count). The second kappa shape index (κ2) is 7.42. The first-order chi connectivity index (χ1) is 10.5. The Kier molecular flexibility index (Phi) is 5.57. The molecule has 118 valence electrons. The second-order valence-electron chi connectivity index (χ2n) is 5.25. The number of carbonyl (C=O) groups excluding carboxylic acids is 1. The van der Waals surface area contributed by atoms with E-state index in [0.29, 0.717) is 18.1 Å². The summed E-state index contributed by atoms with van der Waals surface area (Å²) < 4.78 is 1.87. The number of rotatable bonds is 6. The third-order valence-corrected chi connectivity index (χ3v) is 3.94. The van der Waals surface area contributed by atoms with E-state index in [2.05, 4.69) is 4.98 Å². The van der Waals surface area contributed by atoms with E-state index in [1.54, 1.807) is 29.6 Å². The van der Waals surface area contributed by atoms with Crippen molar-refractivity contribution in [1.82, 2.24) is 14.5 Å². The van der Waals surface area contributed by atoms with Gasteiger partial charge in [-0.3, -0.25) is 4.79 Å². The van der Waals surface area contributed by atoms with E-state index in [-0.39, 0.29) is 18.4 Å². The quantitative estimate of drug-likeness (QED) is 0.887. The lowest BCUT2D eigenvalue weighted by molar-refractivity contribution is -0.133. The van der Waals surface area contributed by atoms with Crippen LogP contribution in [0.3, 0.4) is 0 Å². The van der Waals surface area contributed by atoms with Gasteiger partial charge >= 0.3 is 0 Å². The van der Waals surface area contributed by atoms with Crippen molar-refractivity contribution >= 4 is 17.5 Å². The van der Waals surface area contributed by atoms with Crippen molar-refractivity contribution in [2.75, 3.05) is 13.2 Å². The highest BCUT2D eigenvalue weighted by Gasteiger charge is 2.22. The van der Waals surface area contributed by atoms with Gasteiger partial charge in [-0.2, -0.15) is 0 Å². The van der Waals surface area contributed by atoms with Gasteiger partial charge in [0.05, 0.1) is 31.1 Å². The summed E-state index contributed by atoms with van der Waals surface area (Å²) in [6.07, 6.45) is 3.42. The van der Waals surface area contributed by atoms with Crippen LogP contribution in [0.4, 0.5) is 0 Å². The lowest BCUT2D eigenvalue weighted by atomic mass is 9.99. The lowest BCUT2D eigenvalue weighted by Gasteiger charge is -2.25. The number of nitrogens with zero attached hydrogens (tertiary/aromatic N) is 3. The Bertz CT molecular complexity index is 625. The molecule has 1 aromatic carbocycles. The molecular weight excluding hydrogens is 302 g/mol. The van der Waals surface area contributed by atoms with E-state index in [0.717, 1.165) is 11.3 Å². The standard InChI is InChI=1S/C16H20ClN3O2/c1-12(13-3-5-14(17)6-4-13)16(22)20(7-8-21)10-15-9-18-11-19(15)2/h3-6,9,11-12,21H,7-8,10H2,1-2H3. The van der Waals surface area contributed by atoms with Crippen LogP contribution in [0.5, 0.6) is 0 Å². The van der Waals surface area contributed by atoms with Crippen molar-refractivity contribution in [2.45, 2.75) is 19.4 Å². The fourth-order valence-electron chi connectivity index (χ4n) is 2.29. The predicted molar refractivity (Wildman–Crippen MR) is 85.6 cm³/mol. The number of carbonyl (C=O) groups is 1. The predicted octanol–water partition coefficient (Wildman–Crippen LogP) is 2.20. The molecule has 1 aromatic heterocycles. The first-order valence-corrected chi connectivity index (χ1v) is 7.51. The Morgan fingerprint density at radius 1 is 1.41 bits per heavy atom. The van der Waals surface area contributed by atoms with Crippen molar-refractivity contribution in [3.8, 4) is 0 Å². The number of imidazole rings is 1. The highest BCUT2D eigenvalue weighted by molar-refractivity contribution is 6.30. The van der Waals surface area contributed by atoms with E-state index < -0.39 is 0 Å². The molecular formula is C16H20ClN3O2. The van der Waals surface area contributed by atoms with Crippen molar-refractivity contribution in [2.24, 2.45) is 7.05 Å². The fourth-order valence-corrected chi connectivity index (χ4v) is 2.41. The van der Waals surface area contributed by atoms with Crippen molar-refractivity contribution < 1.29 is 9.90 Å². The molecule has 0 radical (unpaired) electrons. The minimum Gasteiger partial charge on any atom is -0.395 e. The molecule has 1 N–H and O–H groups in total. The maximum Gasteiger partial charge on any atom is 0.230 e. The first kappa shape index (κ1) is 16.5. The molecule has 0 saturated heterocycles. The average molecular weight is 322 g/mol. The maximum atomic E-state index is 12.7. The molecule has 0 aliphatic rings. The first-order valence-electron chi connectivity index (χ1n) is 7.13. The summed E-state index contributed by atoms with van der Waals surface area (Å²) in [5.41, 5.74) is 1.83. The Morgan fingerprint density at radius 3 is 2.64 bits per heavy atom. The highest BCUT2D eigenvalue weighted by atomic mass is 35.5. The molecule has 0 bridgehead atoms. The van der Waals surface area contributed by atoms with Gasteiger partial charge in [-0.05, 0) is 24.6 Å². The van der Waals surface area contributed by atoms with Crippen LogP contribution >= 0.6 is 11.6 Å². The third-order valence-electron chi connectivity index (χ3n) is 3.69. The summed E-state index contributed by atoms with van der Waals surface area (Å²) in [7, 11) is 1.88. The summed E-state index contributed by atoms with van der Waals surface area (Å²) >= 11 is 5.88. The molecule has 1 atom stereocenters. The van der Waals surface area contributed by atoms with Crippen molar-refractivity contribution in [3.63, 3.8) is 0 Å². The molecule has 1 amide bonds. The van der Waals surface area contributed by atoms with E-state index in [1.165, 1.54) is 0 Å². The van der Waals surface area contributed by atoms with E-state index >= 15 is 0 Å². The van der Waals surface area contributed by atoms with Crippen LogP contribution in [0, 0.1) is 0 Å². The lowest BCUT2D eigenvalue weighted by Crippen LogP contribution is -2.36. The largest absolute Gasteiger partial charge is 0.395 e. The molecule has 5 nitrogen and oxygen atoms in total. The van der Waals surface area contributed by atoms with E-state index in [1.807, 2.05) is 30.7 Å². The molecule has 0 aliphatic heterocycles. The van der Waals surface area contributed by atoms with Gasteiger partial charge in [-0.15, -0.1) is 0 Å².